The van der Waals surface area contributed by atoms with Gasteiger partial charge in [0.2, 0.25) is 0 Å². The van der Waals surface area contributed by atoms with Gasteiger partial charge in [-0.3, -0.25) is 14.9 Å². The third kappa shape index (κ3) is 5.67. The molecule has 0 spiro atoms. The quantitative estimate of drug-likeness (QED) is 0.293. The fourth-order valence-corrected chi connectivity index (χ4v) is 3.29. The molecule has 0 radical (unpaired) electrons. The second-order valence-electron chi connectivity index (χ2n) is 6.39. The van der Waals surface area contributed by atoms with Gasteiger partial charge in [0.15, 0.2) is 5.16 Å². The summed E-state index contributed by atoms with van der Waals surface area (Å²) < 4.78 is 2.10. The largest absolute Gasteiger partial charge is 0.352 e. The number of rotatable bonds is 9. The number of halogens is 1. The minimum absolute atomic E-state index is 0.0415. The first-order valence-electron chi connectivity index (χ1n) is 8.51. The maximum atomic E-state index is 12.3. The molecule has 1 N–H and O–H groups in total. The van der Waals surface area contributed by atoms with E-state index in [0.29, 0.717) is 25.3 Å². The Hall–Kier alpha value is -2.13. The predicted octanol–water partition coefficient (Wildman–Crippen LogP) is 3.58. The van der Waals surface area contributed by atoms with E-state index in [4.69, 9.17) is 11.6 Å². The summed E-state index contributed by atoms with van der Waals surface area (Å²) in [6.45, 7) is 5.46. The topological polar surface area (TPSA) is 103 Å². The number of nitrogens with one attached hydrogen (secondary N) is 1. The molecule has 0 aliphatic carbocycles. The summed E-state index contributed by atoms with van der Waals surface area (Å²) in [5, 5.41) is 23.4. The summed E-state index contributed by atoms with van der Waals surface area (Å²) in [6.07, 6.45) is 3.26. The molecule has 0 atom stereocenters. The van der Waals surface area contributed by atoms with Crippen molar-refractivity contribution in [3.8, 4) is 0 Å². The van der Waals surface area contributed by atoms with E-state index < -0.39 is 10.8 Å². The fraction of sp³-hybridized carbons (Fsp3) is 0.471. The van der Waals surface area contributed by atoms with Gasteiger partial charge in [-0.2, -0.15) is 0 Å². The molecule has 8 nitrogen and oxygen atoms in total. The number of carbonyl (C=O) groups excluding carboxylic acids is 1. The van der Waals surface area contributed by atoms with Crippen LogP contribution in [0.4, 0.5) is 5.69 Å². The maximum absolute atomic E-state index is 12.3. The Morgan fingerprint density at radius 2 is 2.15 bits per heavy atom. The summed E-state index contributed by atoms with van der Waals surface area (Å²) in [4.78, 5) is 22.8. The van der Waals surface area contributed by atoms with Crippen molar-refractivity contribution in [3.63, 3.8) is 0 Å². The molecule has 0 saturated heterocycles. The number of nitro benzene ring substituents is 1. The third-order valence-electron chi connectivity index (χ3n) is 3.79. The highest BCUT2D eigenvalue weighted by atomic mass is 35.5. The van der Waals surface area contributed by atoms with Crippen LogP contribution in [0.15, 0.2) is 23.4 Å². The molecule has 0 aliphatic rings. The van der Waals surface area contributed by atoms with Crippen molar-refractivity contribution in [2.24, 2.45) is 5.92 Å². The standard InChI is InChI=1S/C17H22ClN5O3S/c1-11(2)10-22-15(20-21-17(22)27-3)5-4-8-19-16(24)13-9-12(18)6-7-14(13)23(25)26/h6-7,9,11H,4-5,8,10H2,1-3H3,(H,19,24). The molecule has 2 rings (SSSR count). The molecule has 1 aromatic heterocycles. The van der Waals surface area contributed by atoms with Crippen LogP contribution >= 0.6 is 23.4 Å². The zero-order valence-corrected chi connectivity index (χ0v) is 17.0. The van der Waals surface area contributed by atoms with Crippen molar-refractivity contribution in [2.75, 3.05) is 12.8 Å². The molecule has 10 heteroatoms. The van der Waals surface area contributed by atoms with Crippen LogP contribution in [0.25, 0.3) is 0 Å². The van der Waals surface area contributed by atoms with E-state index in [0.717, 1.165) is 17.5 Å². The lowest BCUT2D eigenvalue weighted by Gasteiger charge is -2.12. The van der Waals surface area contributed by atoms with E-state index in [1.807, 2.05) is 6.26 Å². The van der Waals surface area contributed by atoms with Crippen molar-refractivity contribution < 1.29 is 9.72 Å². The number of aryl methyl sites for hydroxylation is 1. The first-order chi connectivity index (χ1) is 12.8. The first-order valence-corrected chi connectivity index (χ1v) is 10.1. The lowest BCUT2D eigenvalue weighted by Crippen LogP contribution is -2.26. The second-order valence-corrected chi connectivity index (χ2v) is 7.60. The summed E-state index contributed by atoms with van der Waals surface area (Å²) in [5.74, 6) is 0.822. The van der Waals surface area contributed by atoms with Crippen molar-refractivity contribution in [1.29, 1.82) is 0 Å². The number of hydrogen-bond acceptors (Lipinski definition) is 6. The lowest BCUT2D eigenvalue weighted by molar-refractivity contribution is -0.385. The van der Waals surface area contributed by atoms with Crippen LogP contribution in [0.1, 0.15) is 36.5 Å². The van der Waals surface area contributed by atoms with Crippen LogP contribution in [0.3, 0.4) is 0 Å². The van der Waals surface area contributed by atoms with Crippen LogP contribution in [-0.4, -0.2) is 38.4 Å². The lowest BCUT2D eigenvalue weighted by atomic mass is 10.1. The van der Waals surface area contributed by atoms with E-state index in [1.54, 1.807) is 11.8 Å². The number of hydrogen-bond donors (Lipinski definition) is 1. The Morgan fingerprint density at radius 3 is 2.78 bits per heavy atom. The smallest absolute Gasteiger partial charge is 0.282 e. The van der Waals surface area contributed by atoms with Gasteiger partial charge >= 0.3 is 0 Å². The van der Waals surface area contributed by atoms with Gasteiger partial charge in [-0.15, -0.1) is 10.2 Å². The normalized spacial score (nSPS) is 11.0. The van der Waals surface area contributed by atoms with Crippen LogP contribution in [0, 0.1) is 16.0 Å². The molecule has 0 bridgehead atoms. The fourth-order valence-electron chi connectivity index (χ4n) is 2.60. The Morgan fingerprint density at radius 1 is 1.41 bits per heavy atom. The van der Waals surface area contributed by atoms with Gasteiger partial charge in [0.05, 0.1) is 4.92 Å². The number of amides is 1. The number of thioether (sulfide) groups is 1. The highest BCUT2D eigenvalue weighted by molar-refractivity contribution is 7.98. The van der Waals surface area contributed by atoms with E-state index in [9.17, 15) is 14.9 Å². The van der Waals surface area contributed by atoms with Crippen molar-refractivity contribution >= 4 is 35.0 Å². The van der Waals surface area contributed by atoms with Gasteiger partial charge in [-0.05, 0) is 30.7 Å². The molecule has 1 amide bonds. The highest BCUT2D eigenvalue weighted by Gasteiger charge is 2.20. The molecule has 0 aliphatic heterocycles. The van der Waals surface area contributed by atoms with Gasteiger partial charge in [-0.1, -0.05) is 37.2 Å². The zero-order valence-electron chi connectivity index (χ0n) is 15.4. The predicted molar refractivity (Wildman–Crippen MR) is 105 cm³/mol. The number of aromatic nitrogens is 3. The SMILES string of the molecule is CSc1nnc(CCCNC(=O)c2cc(Cl)ccc2[N+](=O)[O-])n1CC(C)C. The van der Waals surface area contributed by atoms with Crippen LogP contribution in [0.2, 0.25) is 5.02 Å². The number of carbonyl (C=O) groups is 1. The van der Waals surface area contributed by atoms with Gasteiger partial charge in [0.1, 0.15) is 11.4 Å². The first kappa shape index (κ1) is 21.2. The van der Waals surface area contributed by atoms with Gasteiger partial charge in [0.25, 0.3) is 11.6 Å². The van der Waals surface area contributed by atoms with Crippen molar-refractivity contribution in [3.05, 3.63) is 44.7 Å². The number of nitrogens with zero attached hydrogens (tertiary/aromatic N) is 4. The molecule has 146 valence electrons. The van der Waals surface area contributed by atoms with Gasteiger partial charge in [0, 0.05) is 30.6 Å². The minimum atomic E-state index is -0.594. The molecule has 1 heterocycles. The zero-order chi connectivity index (χ0) is 20.0. The Kier molecular flexibility index (Phi) is 7.61. The van der Waals surface area contributed by atoms with Crippen LogP contribution in [-0.2, 0) is 13.0 Å². The van der Waals surface area contributed by atoms with Gasteiger partial charge in [-0.25, -0.2) is 0 Å². The van der Waals surface area contributed by atoms with E-state index in [-0.39, 0.29) is 16.3 Å². The minimum Gasteiger partial charge on any atom is -0.352 e. The van der Waals surface area contributed by atoms with E-state index >= 15 is 0 Å². The molecule has 0 fully saturated rings. The molecule has 0 unspecified atom stereocenters. The molecular formula is C17H22ClN5O3S. The van der Waals surface area contributed by atoms with E-state index in [2.05, 4.69) is 33.9 Å². The summed E-state index contributed by atoms with van der Waals surface area (Å²) in [5.41, 5.74) is -0.307. The Bertz CT molecular complexity index is 825. The summed E-state index contributed by atoms with van der Waals surface area (Å²) >= 11 is 7.41. The molecule has 1 aromatic carbocycles. The highest BCUT2D eigenvalue weighted by Crippen LogP contribution is 2.22. The molecule has 27 heavy (non-hydrogen) atoms. The second kappa shape index (κ2) is 9.70. The maximum Gasteiger partial charge on any atom is 0.282 e. The van der Waals surface area contributed by atoms with Crippen LogP contribution in [0.5, 0.6) is 0 Å². The van der Waals surface area contributed by atoms with E-state index in [1.165, 1.54) is 18.2 Å². The summed E-state index contributed by atoms with van der Waals surface area (Å²) in [6, 6.07) is 3.93. The average Bonchev–Trinajstić information content (AvgIpc) is 2.99. The van der Waals surface area contributed by atoms with Gasteiger partial charge < -0.3 is 9.88 Å². The number of nitro groups is 1. The van der Waals surface area contributed by atoms with Crippen molar-refractivity contribution in [1.82, 2.24) is 20.1 Å². The Labute approximate surface area is 166 Å². The monoisotopic (exact) mass is 411 g/mol. The average molecular weight is 412 g/mol. The molecule has 2 aromatic rings. The van der Waals surface area contributed by atoms with Crippen molar-refractivity contribution in [2.45, 2.75) is 38.4 Å². The molecular weight excluding hydrogens is 390 g/mol. The summed E-state index contributed by atoms with van der Waals surface area (Å²) in [7, 11) is 0. The third-order valence-corrected chi connectivity index (χ3v) is 4.69. The van der Waals surface area contributed by atoms with Crippen LogP contribution < -0.4 is 5.32 Å². The number of benzene rings is 1. The Balaban J connectivity index is 1.96. The molecule has 0 saturated carbocycles.